The maximum Gasteiger partial charge on any atom is 0.244 e. The van der Waals surface area contributed by atoms with Crippen LogP contribution in [-0.2, 0) is 26.2 Å². The molecule has 12 heteroatoms. The third-order valence-electron chi connectivity index (χ3n) is 4.87. The van der Waals surface area contributed by atoms with E-state index in [2.05, 4.69) is 5.32 Å². The molecule has 0 radical (unpaired) electrons. The topological polar surface area (TPSA) is 86.8 Å². The van der Waals surface area contributed by atoms with E-state index in [0.717, 1.165) is 10.6 Å². The first kappa shape index (κ1) is 27.5. The average Bonchev–Trinajstić information content (AvgIpc) is 2.74. The molecule has 0 saturated heterocycles. The van der Waals surface area contributed by atoms with E-state index in [-0.39, 0.29) is 28.7 Å². The Morgan fingerprint density at radius 2 is 1.73 bits per heavy atom. The summed E-state index contributed by atoms with van der Waals surface area (Å²) in [6.07, 6.45) is 1.24. The summed E-state index contributed by atoms with van der Waals surface area (Å²) in [4.78, 5) is 27.3. The van der Waals surface area contributed by atoms with Crippen LogP contribution < -0.4 is 9.62 Å². The van der Waals surface area contributed by atoms with Gasteiger partial charge in [0.05, 0.1) is 22.0 Å². The highest BCUT2D eigenvalue weighted by Gasteiger charge is 2.32. The molecule has 1 atom stereocenters. The van der Waals surface area contributed by atoms with E-state index in [4.69, 9.17) is 46.4 Å². The van der Waals surface area contributed by atoms with E-state index >= 15 is 0 Å². The SMILES string of the molecule is CCC(C(=O)NC)N(Cc1ccc(Cl)cc1Cl)C(=O)CN(c1cccc(Cl)c1Cl)S(C)(=O)=O. The van der Waals surface area contributed by atoms with E-state index < -0.39 is 34.4 Å². The monoisotopic (exact) mass is 553 g/mol. The van der Waals surface area contributed by atoms with Gasteiger partial charge >= 0.3 is 0 Å². The first-order chi connectivity index (χ1) is 15.4. The van der Waals surface area contributed by atoms with Crippen molar-refractivity contribution in [2.45, 2.75) is 25.9 Å². The molecule has 2 aromatic rings. The van der Waals surface area contributed by atoms with Crippen LogP contribution in [0.1, 0.15) is 18.9 Å². The smallest absolute Gasteiger partial charge is 0.244 e. The fourth-order valence-corrected chi connectivity index (χ4v) is 4.97. The summed E-state index contributed by atoms with van der Waals surface area (Å²) in [6.45, 7) is 1.10. The summed E-state index contributed by atoms with van der Waals surface area (Å²) < 4.78 is 26.0. The van der Waals surface area contributed by atoms with Crippen LogP contribution >= 0.6 is 46.4 Å². The molecule has 0 saturated carbocycles. The van der Waals surface area contributed by atoms with Gasteiger partial charge in [0.2, 0.25) is 21.8 Å². The van der Waals surface area contributed by atoms with E-state index in [1.165, 1.54) is 36.2 Å². The molecule has 0 aliphatic heterocycles. The van der Waals surface area contributed by atoms with Crippen LogP contribution in [0.4, 0.5) is 5.69 Å². The quantitative estimate of drug-likeness (QED) is 0.490. The third kappa shape index (κ3) is 6.90. The minimum Gasteiger partial charge on any atom is -0.357 e. The van der Waals surface area contributed by atoms with Crippen LogP contribution in [0.3, 0.4) is 0 Å². The van der Waals surface area contributed by atoms with E-state index in [0.29, 0.717) is 15.6 Å². The summed E-state index contributed by atoms with van der Waals surface area (Å²) in [5.41, 5.74) is 0.598. The number of halogens is 4. The van der Waals surface area contributed by atoms with Gasteiger partial charge in [0.1, 0.15) is 12.6 Å². The molecule has 0 heterocycles. The predicted molar refractivity (Wildman–Crippen MR) is 134 cm³/mol. The Balaban J connectivity index is 2.51. The normalized spacial score (nSPS) is 12.2. The molecule has 0 spiro atoms. The lowest BCUT2D eigenvalue weighted by Crippen LogP contribution is -2.51. The predicted octanol–water partition coefficient (Wildman–Crippen LogP) is 4.62. The average molecular weight is 555 g/mol. The van der Waals surface area contributed by atoms with Crippen LogP contribution in [0.15, 0.2) is 36.4 Å². The van der Waals surface area contributed by atoms with Crippen molar-refractivity contribution < 1.29 is 18.0 Å². The Morgan fingerprint density at radius 3 is 2.27 bits per heavy atom. The zero-order chi connectivity index (χ0) is 24.9. The van der Waals surface area contributed by atoms with Gasteiger partial charge in [0.25, 0.3) is 0 Å². The lowest BCUT2D eigenvalue weighted by atomic mass is 10.1. The third-order valence-corrected chi connectivity index (χ3v) is 7.39. The molecule has 2 amide bonds. The second-order valence-electron chi connectivity index (χ2n) is 7.14. The maximum absolute atomic E-state index is 13.5. The molecule has 0 aliphatic carbocycles. The number of hydrogen-bond acceptors (Lipinski definition) is 4. The van der Waals surface area contributed by atoms with Crippen molar-refractivity contribution in [1.82, 2.24) is 10.2 Å². The van der Waals surface area contributed by atoms with Crippen molar-refractivity contribution in [3.05, 3.63) is 62.1 Å². The summed E-state index contributed by atoms with van der Waals surface area (Å²) >= 11 is 24.5. The second kappa shape index (κ2) is 11.6. The molecule has 0 aromatic heterocycles. The zero-order valence-electron chi connectivity index (χ0n) is 18.1. The van der Waals surface area contributed by atoms with E-state index in [9.17, 15) is 18.0 Å². The molecule has 0 fully saturated rings. The van der Waals surface area contributed by atoms with Gasteiger partial charge in [0, 0.05) is 23.6 Å². The number of nitrogens with one attached hydrogen (secondary N) is 1. The van der Waals surface area contributed by atoms with E-state index in [1.54, 1.807) is 19.1 Å². The molecule has 0 aliphatic rings. The fourth-order valence-electron chi connectivity index (χ4n) is 3.20. The summed E-state index contributed by atoms with van der Waals surface area (Å²) in [5, 5.41) is 3.39. The van der Waals surface area contributed by atoms with Crippen molar-refractivity contribution in [3.8, 4) is 0 Å². The van der Waals surface area contributed by atoms with Crippen molar-refractivity contribution in [2.24, 2.45) is 0 Å². The molecule has 180 valence electrons. The second-order valence-corrected chi connectivity index (χ2v) is 10.7. The number of anilines is 1. The van der Waals surface area contributed by atoms with Crippen LogP contribution in [-0.4, -0.2) is 51.0 Å². The Bertz CT molecular complexity index is 1140. The highest BCUT2D eigenvalue weighted by molar-refractivity contribution is 7.92. The number of likely N-dealkylation sites (N-methyl/N-ethyl adjacent to an activating group) is 1. The Kier molecular flexibility index (Phi) is 9.70. The van der Waals surface area contributed by atoms with Crippen molar-refractivity contribution in [3.63, 3.8) is 0 Å². The van der Waals surface area contributed by atoms with Gasteiger partial charge in [-0.05, 0) is 36.2 Å². The fraction of sp³-hybridized carbons (Fsp3) is 0.333. The van der Waals surface area contributed by atoms with Gasteiger partial charge in [-0.3, -0.25) is 13.9 Å². The molecular formula is C21H23Cl4N3O4S. The first-order valence-corrected chi connectivity index (χ1v) is 13.1. The Labute approximate surface area is 213 Å². The van der Waals surface area contributed by atoms with Gasteiger partial charge < -0.3 is 10.2 Å². The van der Waals surface area contributed by atoms with Gasteiger partial charge in [-0.1, -0.05) is 65.5 Å². The molecule has 1 unspecified atom stereocenters. The van der Waals surface area contributed by atoms with Gasteiger partial charge in [-0.25, -0.2) is 8.42 Å². The van der Waals surface area contributed by atoms with Crippen LogP contribution in [0, 0.1) is 0 Å². The molecular weight excluding hydrogens is 532 g/mol. The summed E-state index contributed by atoms with van der Waals surface area (Å²) in [7, 11) is -2.48. The number of nitrogens with zero attached hydrogens (tertiary/aromatic N) is 2. The summed E-state index contributed by atoms with van der Waals surface area (Å²) in [5.74, 6) is -1.03. The Hall–Kier alpha value is -1.71. The number of carbonyl (C=O) groups excluding carboxylic acids is 2. The number of hydrogen-bond donors (Lipinski definition) is 1. The molecule has 7 nitrogen and oxygen atoms in total. The number of amides is 2. The molecule has 0 bridgehead atoms. The van der Waals surface area contributed by atoms with Crippen molar-refractivity contribution in [2.75, 3.05) is 24.2 Å². The molecule has 2 rings (SSSR count). The van der Waals surface area contributed by atoms with Gasteiger partial charge in [0.15, 0.2) is 0 Å². The van der Waals surface area contributed by atoms with Crippen LogP contribution in [0.5, 0.6) is 0 Å². The number of rotatable bonds is 9. The molecule has 33 heavy (non-hydrogen) atoms. The van der Waals surface area contributed by atoms with Crippen LogP contribution in [0.2, 0.25) is 20.1 Å². The van der Waals surface area contributed by atoms with Crippen molar-refractivity contribution >= 4 is 73.9 Å². The van der Waals surface area contributed by atoms with Gasteiger partial charge in [-0.2, -0.15) is 0 Å². The number of sulfonamides is 1. The highest BCUT2D eigenvalue weighted by atomic mass is 35.5. The minimum absolute atomic E-state index is 0.0111. The lowest BCUT2D eigenvalue weighted by molar-refractivity contribution is -0.140. The standard InChI is InChI=1S/C21H23Cl4N3O4S/c1-4-17(21(30)26-2)27(11-13-8-9-14(22)10-16(13)24)19(29)12-28(33(3,31)32)18-7-5-6-15(23)20(18)25/h5-10,17H,4,11-12H2,1-3H3,(H,26,30). The number of benzene rings is 2. The molecule has 2 aromatic carbocycles. The van der Waals surface area contributed by atoms with Gasteiger partial charge in [-0.15, -0.1) is 0 Å². The van der Waals surface area contributed by atoms with E-state index in [1.807, 2.05) is 0 Å². The Morgan fingerprint density at radius 1 is 1.06 bits per heavy atom. The lowest BCUT2D eigenvalue weighted by Gasteiger charge is -2.33. The zero-order valence-corrected chi connectivity index (χ0v) is 22.0. The first-order valence-electron chi connectivity index (χ1n) is 9.77. The molecule has 1 N–H and O–H groups in total. The van der Waals surface area contributed by atoms with Crippen molar-refractivity contribution in [1.29, 1.82) is 0 Å². The highest BCUT2D eigenvalue weighted by Crippen LogP contribution is 2.34. The number of carbonyl (C=O) groups is 2. The van der Waals surface area contributed by atoms with Crippen LogP contribution in [0.25, 0.3) is 0 Å². The largest absolute Gasteiger partial charge is 0.357 e. The minimum atomic E-state index is -3.93. The summed E-state index contributed by atoms with van der Waals surface area (Å²) in [6, 6.07) is 8.38. The maximum atomic E-state index is 13.5.